The fourth-order valence-electron chi connectivity index (χ4n) is 2.43. The van der Waals surface area contributed by atoms with Gasteiger partial charge in [-0.05, 0) is 32.1 Å². The van der Waals surface area contributed by atoms with Crippen LogP contribution in [-0.2, 0) is 14.2 Å². The van der Waals surface area contributed by atoms with E-state index in [0.717, 1.165) is 65.1 Å². The van der Waals surface area contributed by atoms with Gasteiger partial charge in [0.2, 0.25) is 0 Å². The highest BCUT2D eigenvalue weighted by molar-refractivity contribution is 5.77. The summed E-state index contributed by atoms with van der Waals surface area (Å²) in [5, 5.41) is 3.11. The summed E-state index contributed by atoms with van der Waals surface area (Å²) in [6.45, 7) is 4.73. The molecule has 2 rings (SSSR count). The third-order valence-electron chi connectivity index (χ3n) is 3.64. The van der Waals surface area contributed by atoms with Crippen molar-refractivity contribution in [3.8, 4) is 0 Å². The molecule has 0 aromatic rings. The smallest absolute Gasteiger partial charge is 0.188 e. The summed E-state index contributed by atoms with van der Waals surface area (Å²) >= 11 is 0. The van der Waals surface area contributed by atoms with E-state index in [1.165, 1.54) is 0 Å². The molecule has 20 heavy (non-hydrogen) atoms. The largest absolute Gasteiger partial charge is 0.381 e. The van der Waals surface area contributed by atoms with Gasteiger partial charge in [-0.3, -0.25) is 4.99 Å². The maximum absolute atomic E-state index is 5.80. The van der Waals surface area contributed by atoms with Gasteiger partial charge in [0.05, 0.1) is 18.8 Å². The van der Waals surface area contributed by atoms with Gasteiger partial charge < -0.3 is 25.3 Å². The van der Waals surface area contributed by atoms with Crippen LogP contribution in [0.25, 0.3) is 0 Å². The Kier molecular flexibility index (Phi) is 7.11. The Bertz CT molecular complexity index is 287. The highest BCUT2D eigenvalue weighted by atomic mass is 16.5. The normalized spacial score (nSPS) is 25.0. The molecule has 2 heterocycles. The predicted molar refractivity (Wildman–Crippen MR) is 77.9 cm³/mol. The highest BCUT2D eigenvalue weighted by Crippen LogP contribution is 2.12. The van der Waals surface area contributed by atoms with Crippen molar-refractivity contribution in [1.29, 1.82) is 0 Å². The van der Waals surface area contributed by atoms with E-state index >= 15 is 0 Å². The molecule has 1 atom stereocenters. The molecule has 0 bridgehead atoms. The Morgan fingerprint density at radius 3 is 2.85 bits per heavy atom. The fourth-order valence-corrected chi connectivity index (χ4v) is 2.43. The molecular weight excluding hydrogens is 258 g/mol. The lowest BCUT2D eigenvalue weighted by molar-refractivity contribution is -0.0320. The van der Waals surface area contributed by atoms with Crippen LogP contribution in [0.1, 0.15) is 32.1 Å². The van der Waals surface area contributed by atoms with Crippen LogP contribution in [-0.4, -0.2) is 57.7 Å². The van der Waals surface area contributed by atoms with Crippen molar-refractivity contribution in [2.45, 2.75) is 44.3 Å². The second-order valence-electron chi connectivity index (χ2n) is 5.32. The molecule has 1 unspecified atom stereocenters. The van der Waals surface area contributed by atoms with Gasteiger partial charge in [-0.1, -0.05) is 0 Å². The molecular formula is C14H27N3O3. The van der Waals surface area contributed by atoms with Gasteiger partial charge in [-0.15, -0.1) is 0 Å². The first kappa shape index (κ1) is 15.5. The summed E-state index contributed by atoms with van der Waals surface area (Å²) < 4.78 is 16.6. The van der Waals surface area contributed by atoms with E-state index in [-0.39, 0.29) is 6.10 Å². The van der Waals surface area contributed by atoms with E-state index in [9.17, 15) is 0 Å². The zero-order valence-corrected chi connectivity index (χ0v) is 12.2. The molecule has 2 saturated heterocycles. The monoisotopic (exact) mass is 285 g/mol. The van der Waals surface area contributed by atoms with Gasteiger partial charge in [0.15, 0.2) is 5.96 Å². The van der Waals surface area contributed by atoms with E-state index in [1.54, 1.807) is 0 Å². The molecule has 3 N–H and O–H groups in total. The minimum atomic E-state index is 0.257. The number of hydrogen-bond acceptors (Lipinski definition) is 4. The molecule has 0 aliphatic carbocycles. The van der Waals surface area contributed by atoms with Crippen LogP contribution in [0.4, 0.5) is 0 Å². The topological polar surface area (TPSA) is 78.1 Å². The van der Waals surface area contributed by atoms with Crippen LogP contribution in [0.5, 0.6) is 0 Å². The zero-order valence-electron chi connectivity index (χ0n) is 12.2. The van der Waals surface area contributed by atoms with Crippen molar-refractivity contribution in [3.63, 3.8) is 0 Å². The highest BCUT2D eigenvalue weighted by Gasteiger charge is 2.15. The lowest BCUT2D eigenvalue weighted by Crippen LogP contribution is -2.34. The summed E-state index contributed by atoms with van der Waals surface area (Å²) in [5.74, 6) is 0.506. The number of nitrogens with two attached hydrogens (primary N) is 1. The minimum absolute atomic E-state index is 0.257. The van der Waals surface area contributed by atoms with Gasteiger partial charge in [0.25, 0.3) is 0 Å². The van der Waals surface area contributed by atoms with Gasteiger partial charge in [-0.2, -0.15) is 0 Å². The number of aliphatic imine (C=N–C) groups is 1. The van der Waals surface area contributed by atoms with E-state index in [0.29, 0.717) is 18.6 Å². The van der Waals surface area contributed by atoms with E-state index in [4.69, 9.17) is 19.9 Å². The lowest BCUT2D eigenvalue weighted by atomic mass is 10.1. The molecule has 6 nitrogen and oxygen atoms in total. The summed E-state index contributed by atoms with van der Waals surface area (Å²) in [6, 6.07) is 0. The molecule has 2 aliphatic rings. The Balaban J connectivity index is 1.46. The second-order valence-corrected chi connectivity index (χ2v) is 5.32. The summed E-state index contributed by atoms with van der Waals surface area (Å²) in [5.41, 5.74) is 5.80. The number of nitrogens with zero attached hydrogens (tertiary/aromatic N) is 1. The van der Waals surface area contributed by atoms with Crippen molar-refractivity contribution in [2.75, 3.05) is 39.5 Å². The summed E-state index contributed by atoms with van der Waals surface area (Å²) in [6.07, 6.45) is 5.82. The molecule has 0 spiro atoms. The molecule has 6 heteroatoms. The average Bonchev–Trinajstić information content (AvgIpc) is 2.99. The van der Waals surface area contributed by atoms with Crippen molar-refractivity contribution in [1.82, 2.24) is 5.32 Å². The van der Waals surface area contributed by atoms with Crippen molar-refractivity contribution < 1.29 is 14.2 Å². The maximum atomic E-state index is 5.80. The number of rotatable bonds is 7. The van der Waals surface area contributed by atoms with Crippen LogP contribution in [0.15, 0.2) is 4.99 Å². The van der Waals surface area contributed by atoms with E-state index < -0.39 is 0 Å². The second kappa shape index (κ2) is 9.15. The third-order valence-corrected chi connectivity index (χ3v) is 3.64. The summed E-state index contributed by atoms with van der Waals surface area (Å²) in [4.78, 5) is 4.29. The molecule has 0 aromatic heterocycles. The Labute approximate surface area is 121 Å². The molecule has 0 saturated carbocycles. The van der Waals surface area contributed by atoms with Gasteiger partial charge in [0.1, 0.15) is 0 Å². The zero-order chi connectivity index (χ0) is 14.0. The van der Waals surface area contributed by atoms with Crippen molar-refractivity contribution in [3.05, 3.63) is 0 Å². The quantitative estimate of drug-likeness (QED) is 0.408. The average molecular weight is 285 g/mol. The van der Waals surface area contributed by atoms with Crippen LogP contribution in [0.3, 0.4) is 0 Å². The summed E-state index contributed by atoms with van der Waals surface area (Å²) in [7, 11) is 0. The Morgan fingerprint density at radius 2 is 2.10 bits per heavy atom. The fraction of sp³-hybridized carbons (Fsp3) is 0.929. The van der Waals surface area contributed by atoms with Crippen LogP contribution >= 0.6 is 0 Å². The molecule has 0 amide bonds. The maximum Gasteiger partial charge on any atom is 0.188 e. The van der Waals surface area contributed by atoms with Gasteiger partial charge in [-0.25, -0.2) is 0 Å². The SMILES string of the molecule is NC(=NCC1CCCO1)NCCCOC1CCOCC1. The van der Waals surface area contributed by atoms with Crippen molar-refractivity contribution >= 4 is 5.96 Å². The number of nitrogens with one attached hydrogen (secondary N) is 1. The first-order valence-corrected chi connectivity index (χ1v) is 7.69. The van der Waals surface area contributed by atoms with Crippen molar-refractivity contribution in [2.24, 2.45) is 10.7 Å². The van der Waals surface area contributed by atoms with Crippen LogP contribution in [0.2, 0.25) is 0 Å². The van der Waals surface area contributed by atoms with E-state index in [1.807, 2.05) is 0 Å². The van der Waals surface area contributed by atoms with Gasteiger partial charge in [0, 0.05) is 33.0 Å². The first-order valence-electron chi connectivity index (χ1n) is 7.69. The molecule has 0 radical (unpaired) electrons. The van der Waals surface area contributed by atoms with E-state index in [2.05, 4.69) is 10.3 Å². The molecule has 2 fully saturated rings. The van der Waals surface area contributed by atoms with Crippen LogP contribution in [0, 0.1) is 0 Å². The number of ether oxygens (including phenoxy) is 3. The number of guanidine groups is 1. The predicted octanol–water partition coefficient (Wildman–Crippen LogP) is 0.655. The van der Waals surface area contributed by atoms with Crippen LogP contribution < -0.4 is 11.1 Å². The van der Waals surface area contributed by atoms with Gasteiger partial charge >= 0.3 is 0 Å². The molecule has 116 valence electrons. The Hall–Kier alpha value is -0.850. The minimum Gasteiger partial charge on any atom is -0.381 e. The lowest BCUT2D eigenvalue weighted by Gasteiger charge is -2.22. The molecule has 0 aromatic carbocycles. The standard InChI is InChI=1S/C14H27N3O3/c15-14(17-11-13-3-1-7-20-13)16-6-2-8-19-12-4-9-18-10-5-12/h12-13H,1-11H2,(H3,15,16,17). The third kappa shape index (κ3) is 6.07. The first-order chi connectivity index (χ1) is 9.84. The Morgan fingerprint density at radius 1 is 1.25 bits per heavy atom. The number of hydrogen-bond donors (Lipinski definition) is 2. The molecule has 2 aliphatic heterocycles.